The molecule has 2 aliphatic heterocycles. The number of carbonyl (C=O) groups excluding carboxylic acids is 1. The van der Waals surface area contributed by atoms with Gasteiger partial charge in [-0.3, -0.25) is 14.7 Å². The third-order valence-corrected chi connectivity index (χ3v) is 5.80. The van der Waals surface area contributed by atoms with E-state index in [2.05, 4.69) is 41.2 Å². The summed E-state index contributed by atoms with van der Waals surface area (Å²) in [5.74, 6) is 2.44. The lowest BCUT2D eigenvalue weighted by Crippen LogP contribution is -2.47. The minimum Gasteiger partial charge on any atom is -0.359 e. The smallest absolute Gasteiger partial charge is 0.220 e. The zero-order valence-corrected chi connectivity index (χ0v) is 20.7. The first-order valence-corrected chi connectivity index (χ1v) is 11.0. The van der Waals surface area contributed by atoms with E-state index in [9.17, 15) is 4.79 Å². The van der Waals surface area contributed by atoms with Crippen molar-refractivity contribution in [1.29, 1.82) is 0 Å². The molecule has 0 aromatic heterocycles. The highest BCUT2D eigenvalue weighted by Crippen LogP contribution is 2.21. The van der Waals surface area contributed by atoms with Crippen LogP contribution in [0.4, 0.5) is 0 Å². The van der Waals surface area contributed by atoms with E-state index >= 15 is 0 Å². The van der Waals surface area contributed by atoms with E-state index in [-0.39, 0.29) is 29.9 Å². The van der Waals surface area contributed by atoms with E-state index in [1.54, 1.807) is 7.05 Å². The number of likely N-dealkylation sites (tertiary alicyclic amines) is 2. The van der Waals surface area contributed by atoms with Gasteiger partial charge in [0.05, 0.1) is 6.54 Å². The molecule has 28 heavy (non-hydrogen) atoms. The second kappa shape index (κ2) is 13.6. The van der Waals surface area contributed by atoms with E-state index in [4.69, 9.17) is 4.99 Å². The largest absolute Gasteiger partial charge is 0.359 e. The molecule has 0 aromatic rings. The summed E-state index contributed by atoms with van der Waals surface area (Å²) in [6.07, 6.45) is 6.72. The van der Waals surface area contributed by atoms with Crippen molar-refractivity contribution in [2.75, 3.05) is 46.3 Å². The fourth-order valence-corrected chi connectivity index (χ4v) is 4.31. The van der Waals surface area contributed by atoms with Gasteiger partial charge in [0, 0.05) is 45.7 Å². The molecule has 0 spiro atoms. The van der Waals surface area contributed by atoms with Gasteiger partial charge in [0.15, 0.2) is 5.96 Å². The number of hydrogen-bond donors (Lipinski definition) is 2. The number of piperidine rings is 2. The van der Waals surface area contributed by atoms with Crippen LogP contribution in [0.25, 0.3) is 0 Å². The van der Waals surface area contributed by atoms with Crippen LogP contribution in [-0.4, -0.2) is 74.0 Å². The molecule has 2 saturated heterocycles. The van der Waals surface area contributed by atoms with Crippen LogP contribution in [0, 0.1) is 11.8 Å². The van der Waals surface area contributed by atoms with Crippen LogP contribution >= 0.6 is 24.0 Å². The van der Waals surface area contributed by atoms with Crippen LogP contribution in [0.5, 0.6) is 0 Å². The number of guanidine groups is 1. The molecule has 1 amide bonds. The van der Waals surface area contributed by atoms with Gasteiger partial charge in [-0.25, -0.2) is 0 Å². The van der Waals surface area contributed by atoms with Crippen molar-refractivity contribution in [2.24, 2.45) is 16.8 Å². The molecular formula is C21H42IN5O. The molecule has 164 valence electrons. The Balaban J connectivity index is 0.00000392. The van der Waals surface area contributed by atoms with Crippen LogP contribution in [-0.2, 0) is 4.79 Å². The standard InChI is InChI=1S/C21H41N5O.HI/c1-5-23-21(25-12-9-18(10-13-25)14-20(27)22-4)24-15-19-8-6-7-11-26(19)16-17(2)3;/h17-19H,5-16H2,1-4H3,(H,22,27)(H,23,24);1H. The summed E-state index contributed by atoms with van der Waals surface area (Å²) in [4.78, 5) is 21.7. The van der Waals surface area contributed by atoms with Gasteiger partial charge in [-0.05, 0) is 51.0 Å². The van der Waals surface area contributed by atoms with Crippen molar-refractivity contribution in [2.45, 2.75) is 65.3 Å². The molecule has 0 saturated carbocycles. The first-order chi connectivity index (χ1) is 13.0. The fourth-order valence-electron chi connectivity index (χ4n) is 4.31. The zero-order chi connectivity index (χ0) is 19.6. The third kappa shape index (κ3) is 8.43. The Kier molecular flexibility index (Phi) is 12.4. The Labute approximate surface area is 189 Å². The van der Waals surface area contributed by atoms with Crippen molar-refractivity contribution in [3.05, 3.63) is 0 Å². The minimum absolute atomic E-state index is 0. The van der Waals surface area contributed by atoms with Gasteiger partial charge >= 0.3 is 0 Å². The summed E-state index contributed by atoms with van der Waals surface area (Å²) < 4.78 is 0. The molecule has 1 atom stereocenters. The highest BCUT2D eigenvalue weighted by Gasteiger charge is 2.25. The molecule has 6 nitrogen and oxygen atoms in total. The lowest BCUT2D eigenvalue weighted by molar-refractivity contribution is -0.121. The van der Waals surface area contributed by atoms with E-state index in [1.807, 2.05) is 0 Å². The number of halogens is 1. The average molecular weight is 508 g/mol. The Morgan fingerprint density at radius 1 is 1.14 bits per heavy atom. The molecule has 0 radical (unpaired) electrons. The van der Waals surface area contributed by atoms with Crippen LogP contribution in [0.2, 0.25) is 0 Å². The predicted molar refractivity (Wildman–Crippen MR) is 128 cm³/mol. The quantitative estimate of drug-likeness (QED) is 0.316. The molecule has 2 fully saturated rings. The maximum Gasteiger partial charge on any atom is 0.220 e. The number of amides is 1. The molecule has 2 rings (SSSR count). The molecule has 2 heterocycles. The highest BCUT2D eigenvalue weighted by atomic mass is 127. The Morgan fingerprint density at radius 2 is 1.86 bits per heavy atom. The van der Waals surface area contributed by atoms with Gasteiger partial charge in [0.2, 0.25) is 5.91 Å². The molecule has 0 bridgehead atoms. The Morgan fingerprint density at radius 3 is 2.46 bits per heavy atom. The molecule has 2 aliphatic rings. The maximum atomic E-state index is 11.6. The van der Waals surface area contributed by atoms with Gasteiger partial charge < -0.3 is 15.5 Å². The molecular weight excluding hydrogens is 465 g/mol. The van der Waals surface area contributed by atoms with Crippen molar-refractivity contribution < 1.29 is 4.79 Å². The number of nitrogens with one attached hydrogen (secondary N) is 2. The number of carbonyl (C=O) groups is 1. The first-order valence-electron chi connectivity index (χ1n) is 11.0. The maximum absolute atomic E-state index is 11.6. The molecule has 0 aromatic carbocycles. The van der Waals surface area contributed by atoms with Crippen molar-refractivity contribution >= 4 is 35.8 Å². The number of hydrogen-bond acceptors (Lipinski definition) is 3. The van der Waals surface area contributed by atoms with E-state index < -0.39 is 0 Å². The third-order valence-electron chi connectivity index (χ3n) is 5.80. The summed E-state index contributed by atoms with van der Waals surface area (Å²) in [6.45, 7) is 12.9. The topological polar surface area (TPSA) is 60.0 Å². The van der Waals surface area contributed by atoms with Crippen LogP contribution in [0.3, 0.4) is 0 Å². The van der Waals surface area contributed by atoms with Crippen LogP contribution < -0.4 is 10.6 Å². The Hall–Kier alpha value is -0.570. The SMILES string of the molecule is CCNC(=NCC1CCCCN1CC(C)C)N1CCC(CC(=O)NC)CC1.I. The molecule has 2 N–H and O–H groups in total. The molecule has 1 unspecified atom stereocenters. The second-order valence-corrected chi connectivity index (χ2v) is 8.54. The summed E-state index contributed by atoms with van der Waals surface area (Å²) >= 11 is 0. The first kappa shape index (κ1) is 25.5. The monoisotopic (exact) mass is 507 g/mol. The highest BCUT2D eigenvalue weighted by molar-refractivity contribution is 14.0. The van der Waals surface area contributed by atoms with Gasteiger partial charge in [-0.2, -0.15) is 0 Å². The van der Waals surface area contributed by atoms with Gasteiger partial charge in [0.25, 0.3) is 0 Å². The summed E-state index contributed by atoms with van der Waals surface area (Å²) in [5.41, 5.74) is 0. The summed E-state index contributed by atoms with van der Waals surface area (Å²) in [6, 6.07) is 0.584. The lowest BCUT2D eigenvalue weighted by atomic mass is 9.93. The van der Waals surface area contributed by atoms with Gasteiger partial charge in [0.1, 0.15) is 0 Å². The van der Waals surface area contributed by atoms with Crippen molar-refractivity contribution in [3.63, 3.8) is 0 Å². The van der Waals surface area contributed by atoms with E-state index in [0.29, 0.717) is 24.3 Å². The molecule has 0 aliphatic carbocycles. The number of nitrogens with zero attached hydrogens (tertiary/aromatic N) is 3. The lowest BCUT2D eigenvalue weighted by Gasteiger charge is -2.37. The zero-order valence-electron chi connectivity index (χ0n) is 18.4. The number of aliphatic imine (C=N–C) groups is 1. The van der Waals surface area contributed by atoms with E-state index in [0.717, 1.165) is 45.0 Å². The van der Waals surface area contributed by atoms with Crippen LogP contribution in [0.1, 0.15) is 59.3 Å². The minimum atomic E-state index is 0. The van der Waals surface area contributed by atoms with Gasteiger partial charge in [-0.1, -0.05) is 20.3 Å². The van der Waals surface area contributed by atoms with Crippen molar-refractivity contribution in [3.8, 4) is 0 Å². The summed E-state index contributed by atoms with van der Waals surface area (Å²) in [7, 11) is 1.72. The average Bonchev–Trinajstić information content (AvgIpc) is 2.66. The second-order valence-electron chi connectivity index (χ2n) is 8.54. The molecule has 7 heteroatoms. The normalized spacial score (nSPS) is 22.1. The predicted octanol–water partition coefficient (Wildman–Crippen LogP) is 2.93. The Bertz CT molecular complexity index is 477. The number of rotatable bonds is 7. The van der Waals surface area contributed by atoms with Gasteiger partial charge in [-0.15, -0.1) is 24.0 Å². The van der Waals surface area contributed by atoms with Crippen LogP contribution in [0.15, 0.2) is 4.99 Å². The van der Waals surface area contributed by atoms with E-state index in [1.165, 1.54) is 32.4 Å². The summed E-state index contributed by atoms with van der Waals surface area (Å²) in [5, 5.41) is 6.24. The van der Waals surface area contributed by atoms with Crippen molar-refractivity contribution in [1.82, 2.24) is 20.4 Å². The fraction of sp³-hybridized carbons (Fsp3) is 0.905.